The highest BCUT2D eigenvalue weighted by Gasteiger charge is 2.13. The first-order valence-corrected chi connectivity index (χ1v) is 12.9. The number of thiocarbonyl (C=S) groups is 1. The highest BCUT2D eigenvalue weighted by Crippen LogP contribution is 2.37. The minimum absolute atomic E-state index is 0.0477. The van der Waals surface area contributed by atoms with E-state index in [0.29, 0.717) is 43.4 Å². The molecule has 0 aliphatic rings. The Labute approximate surface area is 231 Å². The Balaban J connectivity index is 1.20. The van der Waals surface area contributed by atoms with Crippen LogP contribution >= 0.6 is 46.8 Å². The summed E-state index contributed by atoms with van der Waals surface area (Å²) in [7, 11) is 0. The summed E-state index contributed by atoms with van der Waals surface area (Å²) in [6.07, 6.45) is 2.81. The number of carbonyl (C=O) groups excluding carboxylic acids is 1. The van der Waals surface area contributed by atoms with Crippen LogP contribution in [-0.4, -0.2) is 21.1 Å². The van der Waals surface area contributed by atoms with E-state index in [-0.39, 0.29) is 10.9 Å². The van der Waals surface area contributed by atoms with E-state index in [1.165, 1.54) is 29.6 Å². The number of rotatable bonds is 5. The Hall–Kier alpha value is -3.69. The van der Waals surface area contributed by atoms with Gasteiger partial charge in [0.2, 0.25) is 5.91 Å². The van der Waals surface area contributed by atoms with Crippen LogP contribution in [-0.2, 0) is 4.79 Å². The highest BCUT2D eigenvalue weighted by molar-refractivity contribution is 7.80. The zero-order valence-corrected chi connectivity index (χ0v) is 22.0. The molecule has 0 fully saturated rings. The number of carbonyl (C=O) groups is 1. The summed E-state index contributed by atoms with van der Waals surface area (Å²) in [4.78, 5) is 16.9. The molecule has 0 aliphatic carbocycles. The van der Waals surface area contributed by atoms with Gasteiger partial charge in [-0.2, -0.15) is 0 Å². The molecule has 2 aromatic heterocycles. The Bertz CT molecular complexity index is 1640. The number of hydrogen-bond acceptors (Lipinski definition) is 6. The molecule has 10 heteroatoms. The minimum atomic E-state index is -0.452. The molecule has 5 rings (SSSR count). The van der Waals surface area contributed by atoms with Gasteiger partial charge in [-0.25, -0.2) is 4.98 Å². The third-order valence-electron chi connectivity index (χ3n) is 5.26. The molecule has 3 N–H and O–H groups in total. The van der Waals surface area contributed by atoms with E-state index in [4.69, 9.17) is 39.8 Å². The normalized spacial score (nSPS) is 11.2. The lowest BCUT2D eigenvalue weighted by Gasteiger charge is -2.10. The van der Waals surface area contributed by atoms with Gasteiger partial charge in [0.1, 0.15) is 22.3 Å². The van der Waals surface area contributed by atoms with Gasteiger partial charge in [0.25, 0.3) is 0 Å². The maximum atomic E-state index is 12.3. The van der Waals surface area contributed by atoms with Gasteiger partial charge in [-0.3, -0.25) is 10.1 Å². The molecule has 6 nitrogen and oxygen atoms in total. The van der Waals surface area contributed by atoms with E-state index in [2.05, 4.69) is 15.6 Å². The van der Waals surface area contributed by atoms with E-state index in [9.17, 15) is 9.90 Å². The molecule has 0 atom stereocenters. The number of amides is 1. The van der Waals surface area contributed by atoms with Crippen LogP contribution in [0.25, 0.3) is 38.2 Å². The number of thiazole rings is 1. The second kappa shape index (κ2) is 10.7. The molecule has 184 valence electrons. The largest absolute Gasteiger partial charge is 0.507 e. The number of aromatic nitrogens is 1. The van der Waals surface area contributed by atoms with Crippen molar-refractivity contribution in [3.8, 4) is 27.6 Å². The summed E-state index contributed by atoms with van der Waals surface area (Å²) in [5, 5.41) is 17.6. The van der Waals surface area contributed by atoms with E-state index >= 15 is 0 Å². The van der Waals surface area contributed by atoms with Crippen molar-refractivity contribution in [1.29, 1.82) is 0 Å². The number of aromatic hydroxyl groups is 1. The lowest BCUT2D eigenvalue weighted by Crippen LogP contribution is -2.32. The molecule has 2 heterocycles. The van der Waals surface area contributed by atoms with Crippen LogP contribution in [0.4, 0.5) is 5.69 Å². The molecule has 37 heavy (non-hydrogen) atoms. The third-order valence-corrected chi connectivity index (χ3v) is 7.35. The molecule has 1 amide bonds. The summed E-state index contributed by atoms with van der Waals surface area (Å²) in [6.45, 7) is 0. The smallest absolute Gasteiger partial charge is 0.250 e. The van der Waals surface area contributed by atoms with Gasteiger partial charge >= 0.3 is 0 Å². The fourth-order valence-corrected chi connectivity index (χ4v) is 5.14. The van der Waals surface area contributed by atoms with Crippen LogP contribution in [0.2, 0.25) is 10.0 Å². The fraction of sp³-hybridized carbons (Fsp3) is 0. The van der Waals surface area contributed by atoms with E-state index < -0.39 is 5.91 Å². The summed E-state index contributed by atoms with van der Waals surface area (Å²) in [6, 6.07) is 21.5. The minimum Gasteiger partial charge on any atom is -0.507 e. The molecular weight excluding hydrogens is 549 g/mol. The van der Waals surface area contributed by atoms with Crippen LogP contribution < -0.4 is 10.6 Å². The summed E-state index contributed by atoms with van der Waals surface area (Å²) in [5.74, 6) is 0.576. The standard InChI is InChI=1S/C27H17Cl2N3O3S2/c28-19-5-3-4-18(25(19)29)22-12-9-16(35-22)10-13-24(34)32-27(36)30-15-8-11-17(21(33)14-15)26-31-20-6-1-2-7-23(20)37-26/h1-14,33H,(H2,30,32,34,36). The van der Waals surface area contributed by atoms with Crippen molar-refractivity contribution in [2.24, 2.45) is 0 Å². The number of phenolic OH excluding ortho intramolecular Hbond substituents is 1. The Morgan fingerprint density at radius 3 is 2.68 bits per heavy atom. The second-order valence-electron chi connectivity index (χ2n) is 7.80. The maximum absolute atomic E-state index is 12.3. The number of halogens is 2. The fourth-order valence-electron chi connectivity index (χ4n) is 3.53. The number of fused-ring (bicyclic) bond motifs is 1. The number of hydrogen-bond donors (Lipinski definition) is 3. The van der Waals surface area contributed by atoms with Crippen LogP contribution in [0.5, 0.6) is 5.75 Å². The van der Waals surface area contributed by atoms with Gasteiger partial charge in [0, 0.05) is 23.4 Å². The molecule has 0 aliphatic heterocycles. The van der Waals surface area contributed by atoms with E-state index in [1.807, 2.05) is 24.3 Å². The number of nitrogens with one attached hydrogen (secondary N) is 2. The van der Waals surface area contributed by atoms with E-state index in [1.54, 1.807) is 42.5 Å². The predicted molar refractivity (Wildman–Crippen MR) is 154 cm³/mol. The summed E-state index contributed by atoms with van der Waals surface area (Å²) < 4.78 is 6.78. The quantitative estimate of drug-likeness (QED) is 0.149. The Morgan fingerprint density at radius 1 is 1.03 bits per heavy atom. The number of furan rings is 1. The lowest BCUT2D eigenvalue weighted by atomic mass is 10.2. The van der Waals surface area contributed by atoms with Crippen molar-refractivity contribution in [3.05, 3.63) is 94.7 Å². The molecule has 5 aromatic rings. The molecule has 0 spiro atoms. The van der Waals surface area contributed by atoms with Gasteiger partial charge in [0.05, 0.1) is 25.8 Å². The van der Waals surface area contributed by atoms with Gasteiger partial charge in [0.15, 0.2) is 5.11 Å². The van der Waals surface area contributed by atoms with Crippen molar-refractivity contribution in [1.82, 2.24) is 10.3 Å². The molecule has 0 radical (unpaired) electrons. The van der Waals surface area contributed by atoms with Crippen LogP contribution in [0.1, 0.15) is 5.76 Å². The first kappa shape index (κ1) is 25.0. The number of anilines is 1. The third kappa shape index (κ3) is 5.68. The molecule has 0 bridgehead atoms. The van der Waals surface area contributed by atoms with Crippen molar-refractivity contribution in [2.45, 2.75) is 0 Å². The molecule has 3 aromatic carbocycles. The number of phenols is 1. The molecule has 0 unspecified atom stereocenters. The molecular formula is C27H17Cl2N3O3S2. The Kier molecular flexibility index (Phi) is 7.25. The van der Waals surface area contributed by atoms with Gasteiger partial charge in [-0.15, -0.1) is 11.3 Å². The van der Waals surface area contributed by atoms with E-state index in [0.717, 1.165) is 10.2 Å². The lowest BCUT2D eigenvalue weighted by molar-refractivity contribution is -0.115. The summed E-state index contributed by atoms with van der Waals surface area (Å²) >= 11 is 19.0. The number of nitrogens with zero attached hydrogens (tertiary/aromatic N) is 1. The first-order valence-electron chi connectivity index (χ1n) is 10.9. The Morgan fingerprint density at radius 2 is 1.86 bits per heavy atom. The number of para-hydroxylation sites is 1. The average molecular weight is 566 g/mol. The average Bonchev–Trinajstić information content (AvgIpc) is 3.51. The zero-order chi connectivity index (χ0) is 25.9. The van der Waals surface area contributed by atoms with Gasteiger partial charge < -0.3 is 14.8 Å². The molecule has 0 saturated carbocycles. The zero-order valence-electron chi connectivity index (χ0n) is 18.9. The van der Waals surface area contributed by atoms with Crippen LogP contribution in [0, 0.1) is 0 Å². The monoisotopic (exact) mass is 565 g/mol. The molecule has 0 saturated heterocycles. The van der Waals surface area contributed by atoms with Crippen molar-refractivity contribution < 1.29 is 14.3 Å². The van der Waals surface area contributed by atoms with Gasteiger partial charge in [-0.1, -0.05) is 41.4 Å². The number of benzene rings is 3. The maximum Gasteiger partial charge on any atom is 0.250 e. The second-order valence-corrected chi connectivity index (χ2v) is 10.0. The first-order chi connectivity index (χ1) is 17.9. The van der Waals surface area contributed by atoms with Crippen molar-refractivity contribution >= 4 is 79.8 Å². The van der Waals surface area contributed by atoms with Crippen molar-refractivity contribution in [2.75, 3.05) is 5.32 Å². The highest BCUT2D eigenvalue weighted by atomic mass is 35.5. The van der Waals surface area contributed by atoms with Gasteiger partial charge in [-0.05, 0) is 66.8 Å². The van der Waals surface area contributed by atoms with Crippen LogP contribution in [0.15, 0.2) is 83.3 Å². The SMILES string of the molecule is O=C(C=Cc1ccc(-c2cccc(Cl)c2Cl)o1)NC(=S)Nc1ccc(-c2nc3ccccc3s2)c(O)c1. The topological polar surface area (TPSA) is 87.4 Å². The predicted octanol–water partition coefficient (Wildman–Crippen LogP) is 7.76. The van der Waals surface area contributed by atoms with Crippen LogP contribution in [0.3, 0.4) is 0 Å². The summed E-state index contributed by atoms with van der Waals surface area (Å²) in [5.41, 5.74) is 2.66. The van der Waals surface area contributed by atoms with Crippen molar-refractivity contribution in [3.63, 3.8) is 0 Å².